The number of aromatic carboxylic acids is 1. The van der Waals surface area contributed by atoms with Crippen LogP contribution in [0.4, 0.5) is 0 Å². The molecule has 0 spiro atoms. The minimum absolute atomic E-state index is 0.281. The van der Waals surface area contributed by atoms with Crippen molar-refractivity contribution in [3.8, 4) is 0 Å². The Morgan fingerprint density at radius 2 is 2.33 bits per heavy atom. The average molecular weight is 271 g/mol. The van der Waals surface area contributed by atoms with E-state index in [-0.39, 0.29) is 5.69 Å². The molecule has 2 rings (SSSR count). The lowest BCUT2D eigenvalue weighted by atomic mass is 10.1. The molecule has 1 N–H and O–H groups in total. The predicted molar refractivity (Wildman–Crippen MR) is 71.2 cm³/mol. The predicted octanol–water partition coefficient (Wildman–Crippen LogP) is 2.57. The monoisotopic (exact) mass is 270 g/mol. The smallest absolute Gasteiger partial charge is 0.352 e. The van der Waals surface area contributed by atoms with E-state index in [0.717, 1.165) is 26.1 Å². The maximum absolute atomic E-state index is 11.1. The fourth-order valence-electron chi connectivity index (χ4n) is 2.56. The van der Waals surface area contributed by atoms with Gasteiger partial charge in [-0.1, -0.05) is 11.6 Å². The highest BCUT2D eigenvalue weighted by molar-refractivity contribution is 6.30. The van der Waals surface area contributed by atoms with Crippen LogP contribution in [0.25, 0.3) is 0 Å². The average Bonchev–Trinajstić information content (AvgIpc) is 2.86. The van der Waals surface area contributed by atoms with E-state index in [4.69, 9.17) is 16.7 Å². The summed E-state index contributed by atoms with van der Waals surface area (Å²) in [5.41, 5.74) is 0.281. The molecule has 1 aromatic rings. The zero-order valence-electron chi connectivity index (χ0n) is 10.8. The Balaban J connectivity index is 2.04. The molecule has 1 fully saturated rings. The second kappa shape index (κ2) is 5.33. The van der Waals surface area contributed by atoms with Crippen LogP contribution in [-0.4, -0.2) is 39.7 Å². The van der Waals surface area contributed by atoms with Gasteiger partial charge in [0.05, 0.1) is 5.02 Å². The Kier molecular flexibility index (Phi) is 3.97. The first-order valence-corrected chi connectivity index (χ1v) is 6.68. The van der Waals surface area contributed by atoms with Gasteiger partial charge >= 0.3 is 5.97 Å². The van der Waals surface area contributed by atoms with Crippen LogP contribution in [0, 0.1) is 5.92 Å². The van der Waals surface area contributed by atoms with Crippen molar-refractivity contribution in [2.24, 2.45) is 5.92 Å². The number of carbonyl (C=O) groups is 1. The molecule has 0 bridgehead atoms. The van der Waals surface area contributed by atoms with Crippen LogP contribution in [0.15, 0.2) is 12.3 Å². The molecule has 100 valence electrons. The van der Waals surface area contributed by atoms with Crippen molar-refractivity contribution in [2.75, 3.05) is 13.1 Å². The van der Waals surface area contributed by atoms with Gasteiger partial charge in [-0.05, 0) is 38.8 Å². The van der Waals surface area contributed by atoms with Crippen LogP contribution >= 0.6 is 11.6 Å². The van der Waals surface area contributed by atoms with Crippen molar-refractivity contribution in [3.63, 3.8) is 0 Å². The van der Waals surface area contributed by atoms with Gasteiger partial charge in [0.2, 0.25) is 0 Å². The Labute approximate surface area is 112 Å². The van der Waals surface area contributed by atoms with Gasteiger partial charge < -0.3 is 14.6 Å². The molecule has 1 atom stereocenters. The SMILES string of the molecule is CC(C)N1CCC(Cn2cc(Cl)cc2C(=O)O)C1. The number of carboxylic acids is 1. The molecule has 1 aliphatic heterocycles. The number of aromatic nitrogens is 1. The summed E-state index contributed by atoms with van der Waals surface area (Å²) in [5, 5.41) is 9.60. The molecule has 2 heterocycles. The molecule has 4 nitrogen and oxygen atoms in total. The van der Waals surface area contributed by atoms with Crippen LogP contribution in [0.1, 0.15) is 30.8 Å². The number of carboxylic acid groups (broad SMARTS) is 1. The van der Waals surface area contributed by atoms with E-state index in [1.165, 1.54) is 6.07 Å². The number of rotatable bonds is 4. The summed E-state index contributed by atoms with van der Waals surface area (Å²) < 4.78 is 1.76. The number of hydrogen-bond acceptors (Lipinski definition) is 2. The standard InChI is InChI=1S/C13H19ClN2O2/c1-9(2)15-4-3-10(6-15)7-16-8-11(14)5-12(16)13(17)18/h5,8-10H,3-4,6-7H2,1-2H3,(H,17,18). The van der Waals surface area contributed by atoms with Crippen LogP contribution < -0.4 is 0 Å². The minimum atomic E-state index is -0.916. The molecule has 1 saturated heterocycles. The molecular formula is C13H19ClN2O2. The van der Waals surface area contributed by atoms with Gasteiger partial charge in [-0.2, -0.15) is 0 Å². The van der Waals surface area contributed by atoms with E-state index in [0.29, 0.717) is 17.0 Å². The summed E-state index contributed by atoms with van der Waals surface area (Å²) in [5.74, 6) is -0.408. The highest BCUT2D eigenvalue weighted by atomic mass is 35.5. The summed E-state index contributed by atoms with van der Waals surface area (Å²) in [7, 11) is 0. The lowest BCUT2D eigenvalue weighted by Gasteiger charge is -2.20. The summed E-state index contributed by atoms with van der Waals surface area (Å²) >= 11 is 5.88. The largest absolute Gasteiger partial charge is 0.477 e. The lowest BCUT2D eigenvalue weighted by Crippen LogP contribution is -2.29. The second-order valence-corrected chi connectivity index (χ2v) is 5.68. The molecule has 0 radical (unpaired) electrons. The third-order valence-corrected chi connectivity index (χ3v) is 3.79. The van der Waals surface area contributed by atoms with Crippen molar-refractivity contribution < 1.29 is 9.90 Å². The first-order chi connectivity index (χ1) is 8.47. The first-order valence-electron chi connectivity index (χ1n) is 6.30. The molecule has 0 aromatic carbocycles. The first kappa shape index (κ1) is 13.4. The van der Waals surface area contributed by atoms with Crippen LogP contribution in [0.3, 0.4) is 0 Å². The number of likely N-dealkylation sites (tertiary alicyclic amines) is 1. The maximum Gasteiger partial charge on any atom is 0.352 e. The second-order valence-electron chi connectivity index (χ2n) is 5.24. The van der Waals surface area contributed by atoms with Gasteiger partial charge in [-0.15, -0.1) is 0 Å². The fraction of sp³-hybridized carbons (Fsp3) is 0.615. The van der Waals surface area contributed by atoms with Gasteiger partial charge in [-0.25, -0.2) is 4.79 Å². The molecule has 0 amide bonds. The third-order valence-electron chi connectivity index (χ3n) is 3.58. The Bertz CT molecular complexity index is 442. The van der Waals surface area contributed by atoms with Crippen molar-refractivity contribution in [3.05, 3.63) is 23.0 Å². The van der Waals surface area contributed by atoms with E-state index >= 15 is 0 Å². The molecule has 18 heavy (non-hydrogen) atoms. The van der Waals surface area contributed by atoms with Crippen molar-refractivity contribution in [2.45, 2.75) is 32.9 Å². The van der Waals surface area contributed by atoms with Crippen LogP contribution in [0.2, 0.25) is 5.02 Å². The molecule has 5 heteroatoms. The van der Waals surface area contributed by atoms with Gasteiger partial charge in [0, 0.05) is 25.3 Å². The number of nitrogens with zero attached hydrogens (tertiary/aromatic N) is 2. The van der Waals surface area contributed by atoms with E-state index < -0.39 is 5.97 Å². The Morgan fingerprint density at radius 3 is 2.89 bits per heavy atom. The summed E-state index contributed by atoms with van der Waals surface area (Å²) in [6.45, 7) is 7.25. The highest BCUT2D eigenvalue weighted by Crippen LogP contribution is 2.23. The van der Waals surface area contributed by atoms with E-state index in [2.05, 4.69) is 18.7 Å². The lowest BCUT2D eigenvalue weighted by molar-refractivity contribution is 0.0684. The summed E-state index contributed by atoms with van der Waals surface area (Å²) in [4.78, 5) is 13.5. The summed E-state index contributed by atoms with van der Waals surface area (Å²) in [6.07, 6.45) is 2.83. The van der Waals surface area contributed by atoms with E-state index in [9.17, 15) is 4.79 Å². The van der Waals surface area contributed by atoms with E-state index in [1.807, 2.05) is 0 Å². The van der Waals surface area contributed by atoms with Gasteiger partial charge in [0.1, 0.15) is 5.69 Å². The zero-order valence-corrected chi connectivity index (χ0v) is 11.5. The van der Waals surface area contributed by atoms with Crippen LogP contribution in [0.5, 0.6) is 0 Å². The fourth-order valence-corrected chi connectivity index (χ4v) is 2.78. The third kappa shape index (κ3) is 2.87. The van der Waals surface area contributed by atoms with Gasteiger partial charge in [0.15, 0.2) is 0 Å². The minimum Gasteiger partial charge on any atom is -0.477 e. The molecule has 0 aliphatic carbocycles. The molecule has 1 aromatic heterocycles. The quantitative estimate of drug-likeness (QED) is 0.915. The van der Waals surface area contributed by atoms with Gasteiger partial charge in [0.25, 0.3) is 0 Å². The topological polar surface area (TPSA) is 45.5 Å². The zero-order chi connectivity index (χ0) is 13.3. The normalized spacial score (nSPS) is 20.8. The Morgan fingerprint density at radius 1 is 1.61 bits per heavy atom. The van der Waals surface area contributed by atoms with Gasteiger partial charge in [-0.3, -0.25) is 0 Å². The number of halogens is 1. The molecule has 1 unspecified atom stereocenters. The van der Waals surface area contributed by atoms with Crippen LogP contribution in [-0.2, 0) is 6.54 Å². The number of hydrogen-bond donors (Lipinski definition) is 1. The molecular weight excluding hydrogens is 252 g/mol. The summed E-state index contributed by atoms with van der Waals surface area (Å²) in [6, 6.07) is 2.07. The highest BCUT2D eigenvalue weighted by Gasteiger charge is 2.25. The molecule has 0 saturated carbocycles. The van der Waals surface area contributed by atoms with E-state index in [1.54, 1.807) is 10.8 Å². The maximum atomic E-state index is 11.1. The van der Waals surface area contributed by atoms with Crippen molar-refractivity contribution >= 4 is 17.6 Å². The van der Waals surface area contributed by atoms with Crippen molar-refractivity contribution in [1.29, 1.82) is 0 Å². The van der Waals surface area contributed by atoms with Crippen molar-refractivity contribution in [1.82, 2.24) is 9.47 Å². The molecule has 1 aliphatic rings. The Hall–Kier alpha value is -1.00.